The summed E-state index contributed by atoms with van der Waals surface area (Å²) in [6, 6.07) is 0. The summed E-state index contributed by atoms with van der Waals surface area (Å²) in [6.45, 7) is 9.73. The molecule has 0 aromatic carbocycles. The first-order valence-corrected chi connectivity index (χ1v) is 8.62. The van der Waals surface area contributed by atoms with Crippen LogP contribution in [0, 0.1) is 0 Å². The number of rotatable bonds is 5. The zero-order valence-corrected chi connectivity index (χ0v) is 14.5. The van der Waals surface area contributed by atoms with Crippen LogP contribution >= 0.6 is 11.3 Å². The lowest BCUT2D eigenvalue weighted by atomic mass is 10.1. The Morgan fingerprint density at radius 3 is 2.86 bits per heavy atom. The number of aromatic nitrogens is 4. The molecule has 3 heterocycles. The van der Waals surface area contributed by atoms with Crippen molar-refractivity contribution in [1.82, 2.24) is 24.6 Å². The van der Waals surface area contributed by atoms with Crippen molar-refractivity contribution in [2.24, 2.45) is 7.05 Å². The van der Waals surface area contributed by atoms with Gasteiger partial charge in [0.2, 0.25) is 0 Å². The van der Waals surface area contributed by atoms with Crippen molar-refractivity contribution >= 4 is 11.3 Å². The van der Waals surface area contributed by atoms with Crippen LogP contribution < -0.4 is 4.74 Å². The molecule has 3 rings (SSSR count). The average Bonchev–Trinajstić information content (AvgIpc) is 3.04. The molecule has 120 valence electrons. The SMILES string of the molecule is CCOc1nnc(CN2CCc3c(nc(C(C)C)n3C)C2)s1. The Hall–Kier alpha value is -1.47. The van der Waals surface area contributed by atoms with E-state index in [1.54, 1.807) is 0 Å². The van der Waals surface area contributed by atoms with E-state index in [0.717, 1.165) is 31.1 Å². The molecule has 7 heteroatoms. The van der Waals surface area contributed by atoms with Crippen LogP contribution in [-0.4, -0.2) is 37.8 Å². The van der Waals surface area contributed by atoms with E-state index in [-0.39, 0.29) is 0 Å². The Morgan fingerprint density at radius 2 is 2.14 bits per heavy atom. The van der Waals surface area contributed by atoms with Crippen molar-refractivity contribution < 1.29 is 4.74 Å². The van der Waals surface area contributed by atoms with Gasteiger partial charge in [-0.15, -0.1) is 10.2 Å². The molecule has 2 aromatic heterocycles. The van der Waals surface area contributed by atoms with Gasteiger partial charge < -0.3 is 9.30 Å². The summed E-state index contributed by atoms with van der Waals surface area (Å²) in [4.78, 5) is 7.22. The first-order valence-electron chi connectivity index (χ1n) is 7.80. The second-order valence-electron chi connectivity index (χ2n) is 5.93. The van der Waals surface area contributed by atoms with Crippen molar-refractivity contribution in [3.05, 3.63) is 22.2 Å². The van der Waals surface area contributed by atoms with Gasteiger partial charge >= 0.3 is 0 Å². The third-order valence-corrected chi connectivity index (χ3v) is 4.78. The van der Waals surface area contributed by atoms with Gasteiger partial charge in [-0.2, -0.15) is 0 Å². The van der Waals surface area contributed by atoms with E-state index in [9.17, 15) is 0 Å². The molecule has 22 heavy (non-hydrogen) atoms. The predicted molar refractivity (Wildman–Crippen MR) is 86.2 cm³/mol. The highest BCUT2D eigenvalue weighted by Gasteiger charge is 2.24. The Kier molecular flexibility index (Phi) is 4.44. The molecule has 0 amide bonds. The molecule has 6 nitrogen and oxygen atoms in total. The lowest BCUT2D eigenvalue weighted by Gasteiger charge is -2.25. The van der Waals surface area contributed by atoms with Crippen molar-refractivity contribution in [3.8, 4) is 5.19 Å². The lowest BCUT2D eigenvalue weighted by molar-refractivity contribution is 0.239. The van der Waals surface area contributed by atoms with Gasteiger partial charge in [0, 0.05) is 38.2 Å². The van der Waals surface area contributed by atoms with Crippen LogP contribution in [-0.2, 0) is 26.6 Å². The maximum Gasteiger partial charge on any atom is 0.294 e. The molecule has 0 unspecified atom stereocenters. The third kappa shape index (κ3) is 3.01. The van der Waals surface area contributed by atoms with E-state index in [2.05, 4.69) is 40.6 Å². The summed E-state index contributed by atoms with van der Waals surface area (Å²) in [5, 5.41) is 9.94. The fourth-order valence-corrected chi connectivity index (χ4v) is 3.72. The van der Waals surface area contributed by atoms with Gasteiger partial charge in [-0.25, -0.2) is 4.98 Å². The van der Waals surface area contributed by atoms with E-state index in [0.29, 0.717) is 17.7 Å². The Labute approximate surface area is 135 Å². The molecular formula is C15H23N5OS. The minimum atomic E-state index is 0.459. The number of ether oxygens (including phenoxy) is 1. The van der Waals surface area contributed by atoms with Crippen LogP contribution in [0.25, 0.3) is 0 Å². The van der Waals surface area contributed by atoms with Gasteiger partial charge in [0.1, 0.15) is 10.8 Å². The standard InChI is InChI=1S/C15H23N5OS/c1-5-21-15-18-17-13(22-15)9-20-7-6-12-11(8-20)16-14(10(2)3)19(12)4/h10H,5-9H2,1-4H3. The van der Waals surface area contributed by atoms with Crippen LogP contribution in [0.2, 0.25) is 0 Å². The fourth-order valence-electron chi connectivity index (χ4n) is 2.93. The Morgan fingerprint density at radius 1 is 1.32 bits per heavy atom. The average molecular weight is 321 g/mol. The maximum absolute atomic E-state index is 5.39. The smallest absolute Gasteiger partial charge is 0.294 e. The molecule has 1 aliphatic rings. The van der Waals surface area contributed by atoms with E-state index < -0.39 is 0 Å². The summed E-state index contributed by atoms with van der Waals surface area (Å²) in [6.07, 6.45) is 1.04. The molecule has 0 N–H and O–H groups in total. The minimum absolute atomic E-state index is 0.459. The van der Waals surface area contributed by atoms with Gasteiger partial charge in [0.15, 0.2) is 0 Å². The molecule has 0 saturated heterocycles. The van der Waals surface area contributed by atoms with E-state index in [1.807, 2.05) is 6.92 Å². The maximum atomic E-state index is 5.39. The molecule has 2 aromatic rings. The molecule has 0 saturated carbocycles. The monoisotopic (exact) mass is 321 g/mol. The van der Waals surface area contributed by atoms with Crippen LogP contribution in [0.15, 0.2) is 0 Å². The molecule has 0 spiro atoms. The number of fused-ring (bicyclic) bond motifs is 1. The normalized spacial score (nSPS) is 15.3. The number of hydrogen-bond donors (Lipinski definition) is 0. The quantitative estimate of drug-likeness (QED) is 0.846. The number of nitrogens with zero attached hydrogens (tertiary/aromatic N) is 5. The van der Waals surface area contributed by atoms with Gasteiger partial charge in [-0.3, -0.25) is 4.90 Å². The second kappa shape index (κ2) is 6.34. The van der Waals surface area contributed by atoms with Gasteiger partial charge in [0.25, 0.3) is 5.19 Å². The summed E-state index contributed by atoms with van der Waals surface area (Å²) >= 11 is 1.53. The molecule has 0 aliphatic carbocycles. The zero-order chi connectivity index (χ0) is 15.7. The van der Waals surface area contributed by atoms with E-state index >= 15 is 0 Å². The van der Waals surface area contributed by atoms with Crippen LogP contribution in [0.5, 0.6) is 5.19 Å². The van der Waals surface area contributed by atoms with Crippen molar-refractivity contribution in [1.29, 1.82) is 0 Å². The first-order chi connectivity index (χ1) is 10.6. The van der Waals surface area contributed by atoms with Crippen LogP contribution in [0.3, 0.4) is 0 Å². The van der Waals surface area contributed by atoms with E-state index in [1.165, 1.54) is 28.5 Å². The number of imidazole rings is 1. The highest BCUT2D eigenvalue weighted by molar-refractivity contribution is 7.13. The molecule has 0 atom stereocenters. The topological polar surface area (TPSA) is 56.1 Å². The second-order valence-corrected chi connectivity index (χ2v) is 6.96. The summed E-state index contributed by atoms with van der Waals surface area (Å²) < 4.78 is 7.66. The molecule has 1 aliphatic heterocycles. The fraction of sp³-hybridized carbons (Fsp3) is 0.667. The van der Waals surface area contributed by atoms with E-state index in [4.69, 9.17) is 9.72 Å². The zero-order valence-electron chi connectivity index (χ0n) is 13.7. The van der Waals surface area contributed by atoms with Gasteiger partial charge in [-0.1, -0.05) is 25.2 Å². The summed E-state index contributed by atoms with van der Waals surface area (Å²) in [5.41, 5.74) is 2.60. The molecule has 0 radical (unpaired) electrons. The lowest BCUT2D eigenvalue weighted by Crippen LogP contribution is -2.30. The molecule has 0 fully saturated rings. The highest BCUT2D eigenvalue weighted by atomic mass is 32.1. The first kappa shape index (κ1) is 15.4. The largest absolute Gasteiger partial charge is 0.469 e. The Balaban J connectivity index is 1.70. The molecular weight excluding hydrogens is 298 g/mol. The van der Waals surface area contributed by atoms with Crippen molar-refractivity contribution in [2.75, 3.05) is 13.2 Å². The minimum Gasteiger partial charge on any atom is -0.469 e. The number of hydrogen-bond acceptors (Lipinski definition) is 6. The van der Waals surface area contributed by atoms with Crippen molar-refractivity contribution in [2.45, 2.75) is 46.2 Å². The van der Waals surface area contributed by atoms with Crippen LogP contribution in [0.4, 0.5) is 0 Å². The van der Waals surface area contributed by atoms with Gasteiger partial charge in [-0.05, 0) is 6.92 Å². The highest BCUT2D eigenvalue weighted by Crippen LogP contribution is 2.25. The third-order valence-electron chi connectivity index (χ3n) is 3.96. The predicted octanol–water partition coefficient (Wildman–Crippen LogP) is 2.35. The van der Waals surface area contributed by atoms with Gasteiger partial charge in [0.05, 0.1) is 18.8 Å². The summed E-state index contributed by atoms with van der Waals surface area (Å²) in [7, 11) is 2.13. The van der Waals surface area contributed by atoms with Crippen molar-refractivity contribution in [3.63, 3.8) is 0 Å². The summed E-state index contributed by atoms with van der Waals surface area (Å²) in [5.74, 6) is 1.64. The van der Waals surface area contributed by atoms with Crippen LogP contribution in [0.1, 0.15) is 48.9 Å². The Bertz CT molecular complexity index is 648. The molecule has 0 bridgehead atoms.